The van der Waals surface area contributed by atoms with Gasteiger partial charge in [-0.25, -0.2) is 4.39 Å². The summed E-state index contributed by atoms with van der Waals surface area (Å²) in [5, 5.41) is 0.605. The molecule has 0 N–H and O–H groups in total. The Morgan fingerprint density at radius 1 is 1.00 bits per heavy atom. The monoisotopic (exact) mass is 349 g/mol. The Bertz CT molecular complexity index is 657. The van der Waals surface area contributed by atoms with E-state index in [9.17, 15) is 4.39 Å². The highest BCUT2D eigenvalue weighted by atomic mass is 35.5. The molecule has 0 spiro atoms. The quantitative estimate of drug-likeness (QED) is 0.721. The molecule has 0 atom stereocenters. The molecule has 5 heteroatoms. The largest absolute Gasteiger partial charge is 0.488 e. The summed E-state index contributed by atoms with van der Waals surface area (Å²) in [5.74, 6) is 0.603. The van der Waals surface area contributed by atoms with Crippen molar-refractivity contribution in [3.63, 3.8) is 0 Å². The van der Waals surface area contributed by atoms with E-state index in [2.05, 4.69) is 4.90 Å². The normalized spacial score (nSPS) is 15.2. The zero-order chi connectivity index (χ0) is 16.8. The first-order chi connectivity index (χ1) is 11.7. The Morgan fingerprint density at radius 2 is 1.75 bits per heavy atom. The third-order valence-corrected chi connectivity index (χ3v) is 4.33. The number of para-hydroxylation sites is 1. The molecule has 3 nitrogen and oxygen atoms in total. The molecule has 1 heterocycles. The van der Waals surface area contributed by atoms with E-state index < -0.39 is 5.82 Å². The van der Waals surface area contributed by atoms with Crippen molar-refractivity contribution in [3.8, 4) is 17.2 Å². The van der Waals surface area contributed by atoms with Crippen molar-refractivity contribution in [3.05, 3.63) is 53.3 Å². The second-order valence-corrected chi connectivity index (χ2v) is 6.31. The van der Waals surface area contributed by atoms with Crippen LogP contribution in [0.15, 0.2) is 42.5 Å². The zero-order valence-electron chi connectivity index (χ0n) is 13.5. The first kappa shape index (κ1) is 17.1. The molecule has 2 aromatic carbocycles. The van der Waals surface area contributed by atoms with E-state index in [-0.39, 0.29) is 5.75 Å². The van der Waals surface area contributed by atoms with Crippen molar-refractivity contribution >= 4 is 11.6 Å². The van der Waals surface area contributed by atoms with E-state index in [1.165, 1.54) is 25.3 Å². The van der Waals surface area contributed by atoms with Crippen molar-refractivity contribution < 1.29 is 13.9 Å². The number of hydrogen-bond acceptors (Lipinski definition) is 3. The minimum absolute atomic E-state index is 0.110. The number of ether oxygens (including phenoxy) is 2. The number of halogens is 2. The molecule has 0 radical (unpaired) electrons. The van der Waals surface area contributed by atoms with Crippen LogP contribution in [0.1, 0.15) is 19.3 Å². The maximum atomic E-state index is 14.2. The van der Waals surface area contributed by atoms with Crippen LogP contribution in [-0.4, -0.2) is 31.1 Å². The van der Waals surface area contributed by atoms with Crippen LogP contribution >= 0.6 is 11.6 Å². The first-order valence-electron chi connectivity index (χ1n) is 8.29. The molecule has 0 aliphatic carbocycles. The fraction of sp³-hybridized carbons (Fsp3) is 0.368. The van der Waals surface area contributed by atoms with Crippen LogP contribution in [-0.2, 0) is 0 Å². The molecule has 1 aliphatic rings. The van der Waals surface area contributed by atoms with Gasteiger partial charge < -0.3 is 9.47 Å². The van der Waals surface area contributed by atoms with Gasteiger partial charge >= 0.3 is 0 Å². The van der Waals surface area contributed by atoms with E-state index in [0.717, 1.165) is 19.6 Å². The minimum atomic E-state index is -0.444. The molecule has 1 fully saturated rings. The number of piperidine rings is 1. The summed E-state index contributed by atoms with van der Waals surface area (Å²) in [6.45, 7) is 3.58. The van der Waals surface area contributed by atoms with Gasteiger partial charge in [0.15, 0.2) is 11.6 Å². The number of benzene rings is 2. The molecule has 0 aromatic heterocycles. The molecule has 1 saturated heterocycles. The lowest BCUT2D eigenvalue weighted by Crippen LogP contribution is -2.33. The van der Waals surface area contributed by atoms with Crippen LogP contribution in [0.3, 0.4) is 0 Å². The second kappa shape index (κ2) is 8.36. The van der Waals surface area contributed by atoms with Crippen LogP contribution in [0, 0.1) is 5.82 Å². The summed E-state index contributed by atoms with van der Waals surface area (Å²) in [5.41, 5.74) is 0. The second-order valence-electron chi connectivity index (χ2n) is 5.87. The molecule has 0 unspecified atom stereocenters. The van der Waals surface area contributed by atoms with Crippen molar-refractivity contribution in [2.75, 3.05) is 26.2 Å². The zero-order valence-corrected chi connectivity index (χ0v) is 14.3. The maximum Gasteiger partial charge on any atom is 0.204 e. The van der Waals surface area contributed by atoms with Gasteiger partial charge in [-0.3, -0.25) is 4.90 Å². The Morgan fingerprint density at radius 3 is 2.50 bits per heavy atom. The van der Waals surface area contributed by atoms with Gasteiger partial charge in [-0.15, -0.1) is 0 Å². The van der Waals surface area contributed by atoms with Crippen molar-refractivity contribution in [2.24, 2.45) is 0 Å². The van der Waals surface area contributed by atoms with Gasteiger partial charge in [0.1, 0.15) is 12.4 Å². The SMILES string of the molecule is Fc1cccc(OCCN2CCCCC2)c1Oc1ccc(Cl)cc1. The summed E-state index contributed by atoms with van der Waals surface area (Å²) < 4.78 is 25.6. The lowest BCUT2D eigenvalue weighted by molar-refractivity contribution is 0.180. The van der Waals surface area contributed by atoms with Crippen LogP contribution in [0.25, 0.3) is 0 Å². The van der Waals surface area contributed by atoms with E-state index in [1.54, 1.807) is 36.4 Å². The molecule has 2 aromatic rings. The number of likely N-dealkylation sites (tertiary alicyclic amines) is 1. The molecule has 24 heavy (non-hydrogen) atoms. The predicted molar refractivity (Wildman–Crippen MR) is 93.7 cm³/mol. The predicted octanol–water partition coefficient (Wildman–Crippen LogP) is 5.14. The average Bonchev–Trinajstić information content (AvgIpc) is 2.60. The molecule has 0 bridgehead atoms. The summed E-state index contributed by atoms with van der Waals surface area (Å²) in [7, 11) is 0. The Balaban J connectivity index is 1.64. The fourth-order valence-corrected chi connectivity index (χ4v) is 2.92. The Kier molecular flexibility index (Phi) is 5.94. The van der Waals surface area contributed by atoms with Gasteiger partial charge in [0.05, 0.1) is 0 Å². The molecule has 128 valence electrons. The van der Waals surface area contributed by atoms with E-state index in [0.29, 0.717) is 23.1 Å². The van der Waals surface area contributed by atoms with E-state index in [1.807, 2.05) is 0 Å². The van der Waals surface area contributed by atoms with Crippen molar-refractivity contribution in [1.29, 1.82) is 0 Å². The van der Waals surface area contributed by atoms with E-state index in [4.69, 9.17) is 21.1 Å². The van der Waals surface area contributed by atoms with Crippen LogP contribution in [0.5, 0.6) is 17.2 Å². The van der Waals surface area contributed by atoms with Gasteiger partial charge in [-0.05, 0) is 62.3 Å². The summed E-state index contributed by atoms with van der Waals surface area (Å²) in [6.07, 6.45) is 3.79. The Hall–Kier alpha value is -1.78. The van der Waals surface area contributed by atoms with Gasteiger partial charge in [-0.2, -0.15) is 0 Å². The highest BCUT2D eigenvalue weighted by molar-refractivity contribution is 6.30. The number of nitrogens with zero attached hydrogens (tertiary/aromatic N) is 1. The van der Waals surface area contributed by atoms with Gasteiger partial charge in [-0.1, -0.05) is 24.1 Å². The van der Waals surface area contributed by atoms with Crippen LogP contribution < -0.4 is 9.47 Å². The van der Waals surface area contributed by atoms with E-state index >= 15 is 0 Å². The molecule has 0 saturated carbocycles. The van der Waals surface area contributed by atoms with Gasteiger partial charge in [0.25, 0.3) is 0 Å². The Labute approximate surface area is 146 Å². The minimum Gasteiger partial charge on any atom is -0.488 e. The molecular weight excluding hydrogens is 329 g/mol. The number of rotatable bonds is 6. The number of hydrogen-bond donors (Lipinski definition) is 0. The lowest BCUT2D eigenvalue weighted by Gasteiger charge is -2.26. The topological polar surface area (TPSA) is 21.7 Å². The molecular formula is C19H21ClFNO2. The summed E-state index contributed by atoms with van der Waals surface area (Å²) in [6, 6.07) is 11.5. The fourth-order valence-electron chi connectivity index (χ4n) is 2.79. The average molecular weight is 350 g/mol. The molecule has 1 aliphatic heterocycles. The van der Waals surface area contributed by atoms with Crippen molar-refractivity contribution in [2.45, 2.75) is 19.3 Å². The smallest absolute Gasteiger partial charge is 0.204 e. The van der Waals surface area contributed by atoms with Crippen LogP contribution in [0.4, 0.5) is 4.39 Å². The third kappa shape index (κ3) is 4.62. The highest BCUT2D eigenvalue weighted by Crippen LogP contribution is 2.34. The standard InChI is InChI=1S/C19H21ClFNO2/c20-15-7-9-16(10-8-15)24-19-17(21)5-4-6-18(19)23-14-13-22-11-2-1-3-12-22/h4-10H,1-3,11-14H2. The molecule has 0 amide bonds. The highest BCUT2D eigenvalue weighted by Gasteiger charge is 2.14. The maximum absolute atomic E-state index is 14.2. The van der Waals surface area contributed by atoms with Crippen molar-refractivity contribution in [1.82, 2.24) is 4.90 Å². The first-order valence-corrected chi connectivity index (χ1v) is 8.67. The summed E-state index contributed by atoms with van der Waals surface area (Å²) in [4.78, 5) is 2.38. The third-order valence-electron chi connectivity index (χ3n) is 4.08. The van der Waals surface area contributed by atoms with Crippen LogP contribution in [0.2, 0.25) is 5.02 Å². The lowest BCUT2D eigenvalue weighted by atomic mass is 10.1. The van der Waals surface area contributed by atoms with Gasteiger partial charge in [0.2, 0.25) is 5.75 Å². The van der Waals surface area contributed by atoms with Gasteiger partial charge in [0, 0.05) is 11.6 Å². The molecule has 3 rings (SSSR count). The summed E-state index contributed by atoms with van der Waals surface area (Å²) >= 11 is 5.86.